The average molecular weight is 362 g/mol. The van der Waals surface area contributed by atoms with Gasteiger partial charge in [0, 0.05) is 30.2 Å². The molecule has 0 aliphatic carbocycles. The molecule has 1 aliphatic heterocycles. The molecule has 0 bridgehead atoms. The van der Waals surface area contributed by atoms with Crippen molar-refractivity contribution in [3.05, 3.63) is 46.6 Å². The molecule has 1 aromatic heterocycles. The number of anilines is 1. The molecule has 3 rings (SSSR count). The van der Waals surface area contributed by atoms with Crippen LogP contribution in [0.3, 0.4) is 0 Å². The predicted molar refractivity (Wildman–Crippen MR) is 99.3 cm³/mol. The molecule has 0 radical (unpaired) electrons. The number of hydrogen-bond acceptors (Lipinski definition) is 4. The second-order valence-electron chi connectivity index (χ2n) is 6.64. The number of carbonyl (C=O) groups excluding carboxylic acids is 1. The van der Waals surface area contributed by atoms with E-state index >= 15 is 0 Å². The van der Waals surface area contributed by atoms with Gasteiger partial charge in [0.15, 0.2) is 0 Å². The lowest BCUT2D eigenvalue weighted by atomic mass is 10.0. The van der Waals surface area contributed by atoms with Crippen molar-refractivity contribution in [3.8, 4) is 0 Å². The van der Waals surface area contributed by atoms with Gasteiger partial charge >= 0.3 is 0 Å². The van der Waals surface area contributed by atoms with Crippen LogP contribution >= 0.6 is 11.6 Å². The minimum atomic E-state index is -0.0480. The molecule has 1 saturated heterocycles. The predicted octanol–water partition coefficient (Wildman–Crippen LogP) is 2.21. The quantitative estimate of drug-likeness (QED) is 0.856. The van der Waals surface area contributed by atoms with Crippen LogP contribution in [0.5, 0.6) is 0 Å². The first-order valence-electron chi connectivity index (χ1n) is 8.55. The fraction of sp³-hybridized carbons (Fsp3) is 0.444. The number of piperidine rings is 1. The number of aryl methyl sites for hydroxylation is 1. The van der Waals surface area contributed by atoms with Gasteiger partial charge in [0.05, 0.1) is 5.69 Å². The van der Waals surface area contributed by atoms with Gasteiger partial charge < -0.3 is 11.1 Å². The average Bonchev–Trinajstić information content (AvgIpc) is 2.87. The largest absolute Gasteiger partial charge is 0.384 e. The highest BCUT2D eigenvalue weighted by atomic mass is 35.5. The van der Waals surface area contributed by atoms with Crippen LogP contribution in [0.4, 0.5) is 5.82 Å². The summed E-state index contributed by atoms with van der Waals surface area (Å²) in [4.78, 5) is 14.6. The van der Waals surface area contributed by atoms with Crippen LogP contribution in [0.2, 0.25) is 5.02 Å². The standard InChI is InChI=1S/C18H24ClN5O/c1-13-9-17(20)24(22-13)12-18(25)21-16-3-2-8-23(11-16)10-14-4-6-15(19)7-5-14/h4-7,9,16H,2-3,8,10-12,20H2,1H3,(H,21,25). The van der Waals surface area contributed by atoms with Gasteiger partial charge in [-0.3, -0.25) is 9.69 Å². The molecule has 25 heavy (non-hydrogen) atoms. The zero-order valence-electron chi connectivity index (χ0n) is 14.4. The zero-order valence-corrected chi connectivity index (χ0v) is 15.2. The van der Waals surface area contributed by atoms with Crippen LogP contribution in [-0.4, -0.2) is 39.7 Å². The van der Waals surface area contributed by atoms with E-state index in [0.29, 0.717) is 5.82 Å². The van der Waals surface area contributed by atoms with Gasteiger partial charge in [-0.2, -0.15) is 5.10 Å². The molecule has 1 aromatic carbocycles. The first kappa shape index (κ1) is 17.8. The van der Waals surface area contributed by atoms with Gasteiger partial charge in [-0.25, -0.2) is 4.68 Å². The fourth-order valence-electron chi connectivity index (χ4n) is 3.27. The lowest BCUT2D eigenvalue weighted by molar-refractivity contribution is -0.122. The smallest absolute Gasteiger partial charge is 0.242 e. The number of nitrogens with two attached hydrogens (primary N) is 1. The number of aromatic nitrogens is 2. The number of carbonyl (C=O) groups is 1. The van der Waals surface area contributed by atoms with E-state index in [1.54, 1.807) is 10.7 Å². The monoisotopic (exact) mass is 361 g/mol. The maximum absolute atomic E-state index is 12.3. The van der Waals surface area contributed by atoms with Crippen molar-refractivity contribution < 1.29 is 4.79 Å². The molecule has 6 nitrogen and oxygen atoms in total. The lowest BCUT2D eigenvalue weighted by Crippen LogP contribution is -2.48. The second kappa shape index (κ2) is 7.89. The van der Waals surface area contributed by atoms with Crippen LogP contribution in [0.15, 0.2) is 30.3 Å². The first-order valence-corrected chi connectivity index (χ1v) is 8.93. The molecule has 1 unspecified atom stereocenters. The van der Waals surface area contributed by atoms with Crippen LogP contribution in [0, 0.1) is 6.92 Å². The van der Waals surface area contributed by atoms with Crippen molar-refractivity contribution in [1.82, 2.24) is 20.0 Å². The second-order valence-corrected chi connectivity index (χ2v) is 7.07. The molecule has 134 valence electrons. The number of hydrogen-bond donors (Lipinski definition) is 2. The van der Waals surface area contributed by atoms with Crippen molar-refractivity contribution in [2.45, 2.75) is 38.9 Å². The number of amides is 1. The van der Waals surface area contributed by atoms with E-state index in [9.17, 15) is 4.79 Å². The Morgan fingerprint density at radius 2 is 2.16 bits per heavy atom. The minimum absolute atomic E-state index is 0.0480. The number of nitrogens with zero attached hydrogens (tertiary/aromatic N) is 3. The zero-order chi connectivity index (χ0) is 17.8. The minimum Gasteiger partial charge on any atom is -0.384 e. The van der Waals surface area contributed by atoms with Gasteiger partial charge in [-0.1, -0.05) is 23.7 Å². The highest BCUT2D eigenvalue weighted by molar-refractivity contribution is 6.30. The fourth-order valence-corrected chi connectivity index (χ4v) is 3.39. The number of nitrogen functional groups attached to an aromatic ring is 1. The normalized spacial score (nSPS) is 18.2. The third kappa shape index (κ3) is 4.96. The van der Waals surface area contributed by atoms with Crippen molar-refractivity contribution in [2.24, 2.45) is 0 Å². The molecular weight excluding hydrogens is 338 g/mol. The van der Waals surface area contributed by atoms with Crippen LogP contribution in [0.25, 0.3) is 0 Å². The molecule has 7 heteroatoms. The van der Waals surface area contributed by atoms with E-state index in [1.165, 1.54) is 5.56 Å². The number of halogens is 1. The van der Waals surface area contributed by atoms with Gasteiger partial charge in [-0.05, 0) is 44.0 Å². The Balaban J connectivity index is 1.51. The van der Waals surface area contributed by atoms with Crippen LogP contribution < -0.4 is 11.1 Å². The van der Waals surface area contributed by atoms with E-state index in [2.05, 4.69) is 15.3 Å². The SMILES string of the molecule is Cc1cc(N)n(CC(=O)NC2CCCN(Cc3ccc(Cl)cc3)C2)n1. The van der Waals surface area contributed by atoms with Crippen LogP contribution in [0.1, 0.15) is 24.1 Å². The molecule has 1 atom stereocenters. The third-order valence-corrected chi connectivity index (χ3v) is 4.67. The first-order chi connectivity index (χ1) is 12.0. The molecule has 1 amide bonds. The summed E-state index contributed by atoms with van der Waals surface area (Å²) in [6, 6.07) is 9.85. The van der Waals surface area contributed by atoms with E-state index < -0.39 is 0 Å². The van der Waals surface area contributed by atoms with Crippen molar-refractivity contribution >= 4 is 23.3 Å². The Labute approximate surface area is 152 Å². The lowest BCUT2D eigenvalue weighted by Gasteiger charge is -2.33. The van der Waals surface area contributed by atoms with Crippen molar-refractivity contribution in [3.63, 3.8) is 0 Å². The van der Waals surface area contributed by atoms with Gasteiger partial charge in [0.25, 0.3) is 0 Å². The summed E-state index contributed by atoms with van der Waals surface area (Å²) in [5, 5.41) is 8.09. The van der Waals surface area contributed by atoms with Gasteiger partial charge in [-0.15, -0.1) is 0 Å². The number of benzene rings is 1. The van der Waals surface area contributed by atoms with Gasteiger partial charge in [0.2, 0.25) is 5.91 Å². The summed E-state index contributed by atoms with van der Waals surface area (Å²) < 4.78 is 1.54. The number of rotatable bonds is 5. The molecule has 0 saturated carbocycles. The molecule has 2 aromatic rings. The topological polar surface area (TPSA) is 76.2 Å². The highest BCUT2D eigenvalue weighted by Gasteiger charge is 2.22. The Hall–Kier alpha value is -2.05. The van der Waals surface area contributed by atoms with Crippen molar-refractivity contribution in [1.29, 1.82) is 0 Å². The summed E-state index contributed by atoms with van der Waals surface area (Å²) in [5.41, 5.74) is 7.89. The molecule has 3 N–H and O–H groups in total. The van der Waals surface area contributed by atoms with E-state index in [1.807, 2.05) is 31.2 Å². The Bertz CT molecular complexity index is 728. The maximum Gasteiger partial charge on any atom is 0.242 e. The van der Waals surface area contributed by atoms with Crippen molar-refractivity contribution in [2.75, 3.05) is 18.8 Å². The maximum atomic E-state index is 12.3. The summed E-state index contributed by atoms with van der Waals surface area (Å²) in [5.74, 6) is 0.466. The van der Waals surface area contributed by atoms with E-state index in [4.69, 9.17) is 17.3 Å². The summed E-state index contributed by atoms with van der Waals surface area (Å²) in [6.07, 6.45) is 2.07. The molecular formula is C18H24ClN5O. The Morgan fingerprint density at radius 3 is 2.84 bits per heavy atom. The molecule has 1 aliphatic rings. The summed E-state index contributed by atoms with van der Waals surface area (Å²) in [7, 11) is 0. The van der Waals surface area contributed by atoms with E-state index in [0.717, 1.165) is 43.2 Å². The highest BCUT2D eigenvalue weighted by Crippen LogP contribution is 2.16. The van der Waals surface area contributed by atoms with Gasteiger partial charge in [0.1, 0.15) is 12.4 Å². The Morgan fingerprint density at radius 1 is 1.40 bits per heavy atom. The molecule has 1 fully saturated rings. The summed E-state index contributed by atoms with van der Waals surface area (Å²) in [6.45, 7) is 4.78. The third-order valence-electron chi connectivity index (χ3n) is 4.42. The number of nitrogens with one attached hydrogen (secondary N) is 1. The molecule has 2 heterocycles. The van der Waals surface area contributed by atoms with E-state index in [-0.39, 0.29) is 18.5 Å². The Kier molecular flexibility index (Phi) is 5.60. The number of likely N-dealkylation sites (tertiary alicyclic amines) is 1. The van der Waals surface area contributed by atoms with Crippen LogP contribution in [-0.2, 0) is 17.9 Å². The molecule has 0 spiro atoms. The summed E-state index contributed by atoms with van der Waals surface area (Å²) >= 11 is 5.94.